The maximum absolute atomic E-state index is 13.8. The fourth-order valence-corrected chi connectivity index (χ4v) is 4.61. The van der Waals surface area contributed by atoms with E-state index in [0.717, 1.165) is 4.90 Å². The minimum absolute atomic E-state index is 0.110. The number of hydrogen-bond donors (Lipinski definition) is 0. The Balaban J connectivity index is 2.48. The fraction of sp³-hybridized carbons (Fsp3) is 0.870. The van der Waals surface area contributed by atoms with Crippen LogP contribution in [0.5, 0.6) is 0 Å². The Morgan fingerprint density at radius 1 is 1.15 bits per heavy atom. The summed E-state index contributed by atoms with van der Waals surface area (Å²) >= 11 is 0. The van der Waals surface area contributed by atoms with Crippen LogP contribution in [0.15, 0.2) is 0 Å². The van der Waals surface area contributed by atoms with Crippen LogP contribution in [0.3, 0.4) is 0 Å². The predicted octanol–water partition coefficient (Wildman–Crippen LogP) is 5.73. The van der Waals surface area contributed by atoms with Gasteiger partial charge >= 0.3 is 18.2 Å². The topological polar surface area (TPSA) is 72.9 Å². The Hall–Kier alpha value is -1.94. The Morgan fingerprint density at radius 3 is 2.18 bits per heavy atom. The number of carbonyl (C=O) groups is 3. The van der Waals surface area contributed by atoms with Crippen molar-refractivity contribution in [1.29, 1.82) is 0 Å². The molecule has 0 N–H and O–H groups in total. The van der Waals surface area contributed by atoms with E-state index >= 15 is 0 Å². The molecule has 0 aromatic heterocycles. The summed E-state index contributed by atoms with van der Waals surface area (Å²) in [5, 5.41) is 0. The van der Waals surface area contributed by atoms with Gasteiger partial charge in [0.15, 0.2) is 0 Å². The zero-order chi connectivity index (χ0) is 26.1. The van der Waals surface area contributed by atoms with E-state index in [9.17, 15) is 36.3 Å². The molecule has 1 unspecified atom stereocenters. The van der Waals surface area contributed by atoms with Crippen LogP contribution in [0, 0.1) is 23.7 Å². The first-order valence-electron chi connectivity index (χ1n) is 11.6. The smallest absolute Gasteiger partial charge is 0.416 e. The van der Waals surface area contributed by atoms with Crippen molar-refractivity contribution in [3.05, 3.63) is 0 Å². The van der Waals surface area contributed by atoms with Gasteiger partial charge < -0.3 is 9.47 Å². The van der Waals surface area contributed by atoms with E-state index in [4.69, 9.17) is 9.47 Å². The van der Waals surface area contributed by atoms with Crippen LogP contribution in [-0.4, -0.2) is 53.2 Å². The van der Waals surface area contributed by atoms with Gasteiger partial charge in [-0.3, -0.25) is 9.59 Å². The van der Waals surface area contributed by atoms with E-state index in [0.29, 0.717) is 0 Å². The molecule has 1 heterocycles. The molecular weight excluding hydrogens is 465 g/mol. The molecule has 1 aliphatic heterocycles. The van der Waals surface area contributed by atoms with Crippen LogP contribution in [0.1, 0.15) is 73.1 Å². The number of esters is 1. The Labute approximate surface area is 196 Å². The van der Waals surface area contributed by atoms with E-state index in [-0.39, 0.29) is 25.4 Å². The van der Waals surface area contributed by atoms with Crippen molar-refractivity contribution in [3.8, 4) is 0 Å². The van der Waals surface area contributed by atoms with E-state index in [2.05, 4.69) is 0 Å². The van der Waals surface area contributed by atoms with Gasteiger partial charge in [0, 0.05) is 19.3 Å². The summed E-state index contributed by atoms with van der Waals surface area (Å²) in [6, 6.07) is -0.705. The number of alkyl halides is 5. The second kappa shape index (κ2) is 10.4. The molecule has 0 aromatic rings. The third-order valence-electron chi connectivity index (χ3n) is 6.35. The zero-order valence-corrected chi connectivity index (χ0v) is 20.2. The van der Waals surface area contributed by atoms with Crippen molar-refractivity contribution in [2.75, 3.05) is 6.61 Å². The number of cyclic esters (lactones) is 1. The summed E-state index contributed by atoms with van der Waals surface area (Å²) in [5.74, 6) is -8.82. The van der Waals surface area contributed by atoms with Gasteiger partial charge in [0.05, 0.1) is 17.9 Å². The highest BCUT2D eigenvalue weighted by Gasteiger charge is 2.51. The lowest BCUT2D eigenvalue weighted by molar-refractivity contribution is -0.173. The fourth-order valence-electron chi connectivity index (χ4n) is 4.61. The Bertz CT molecular complexity index is 752. The standard InChI is InChI=1S/C23H34F5NO5/c1-13(2)16-12-33-20(32)29(16)18(30)15(8-11-23(26,27)28)17(19(31)34-21(3,4)5)14-6-9-22(24,25)10-7-14/h13-17H,6-12H2,1-5H3/t15-,16-,17?/m1/s1. The first-order chi connectivity index (χ1) is 15.4. The lowest BCUT2D eigenvalue weighted by atomic mass is 9.71. The van der Waals surface area contributed by atoms with E-state index in [1.165, 1.54) is 0 Å². The summed E-state index contributed by atoms with van der Waals surface area (Å²) in [7, 11) is 0. The number of hydrogen-bond acceptors (Lipinski definition) is 5. The number of nitrogens with zero attached hydrogens (tertiary/aromatic N) is 1. The first kappa shape index (κ1) is 28.3. The molecule has 0 aromatic carbocycles. The molecule has 0 radical (unpaired) electrons. The highest BCUT2D eigenvalue weighted by Crippen LogP contribution is 2.44. The van der Waals surface area contributed by atoms with Crippen LogP contribution >= 0.6 is 0 Å². The largest absolute Gasteiger partial charge is 0.460 e. The summed E-state index contributed by atoms with van der Waals surface area (Å²) < 4.78 is 77.6. The molecule has 2 aliphatic rings. The van der Waals surface area contributed by atoms with Gasteiger partial charge in [-0.15, -0.1) is 0 Å². The lowest BCUT2D eigenvalue weighted by Gasteiger charge is -2.38. The number of halogens is 5. The van der Waals surface area contributed by atoms with Gasteiger partial charge in [-0.2, -0.15) is 13.2 Å². The van der Waals surface area contributed by atoms with Crippen molar-refractivity contribution >= 4 is 18.0 Å². The zero-order valence-electron chi connectivity index (χ0n) is 20.2. The second-order valence-electron chi connectivity index (χ2n) is 10.6. The average molecular weight is 500 g/mol. The van der Waals surface area contributed by atoms with Gasteiger partial charge in [-0.25, -0.2) is 18.5 Å². The minimum atomic E-state index is -4.63. The third-order valence-corrected chi connectivity index (χ3v) is 6.35. The molecule has 2 rings (SSSR count). The van der Waals surface area contributed by atoms with Gasteiger partial charge in [-0.05, 0) is 51.9 Å². The van der Waals surface area contributed by atoms with E-state index in [1.807, 2.05) is 0 Å². The SMILES string of the molecule is CC(C)[C@H]1COC(=O)N1C(=O)[C@H](CCC(F)(F)F)C(C(=O)OC(C)(C)C)C1CCC(F)(F)CC1. The maximum atomic E-state index is 13.8. The lowest BCUT2D eigenvalue weighted by Crippen LogP contribution is -2.50. The molecule has 3 atom stereocenters. The minimum Gasteiger partial charge on any atom is -0.460 e. The maximum Gasteiger partial charge on any atom is 0.416 e. The molecule has 34 heavy (non-hydrogen) atoms. The van der Waals surface area contributed by atoms with Crippen LogP contribution in [-0.2, 0) is 19.1 Å². The van der Waals surface area contributed by atoms with Gasteiger partial charge in [0.2, 0.25) is 11.8 Å². The summed E-state index contributed by atoms with van der Waals surface area (Å²) in [5.41, 5.74) is -1.02. The average Bonchev–Trinajstić information content (AvgIpc) is 3.04. The molecule has 2 fully saturated rings. The molecule has 196 valence electrons. The molecule has 6 nitrogen and oxygen atoms in total. The summed E-state index contributed by atoms with van der Waals surface area (Å²) in [4.78, 5) is 40.0. The molecule has 1 saturated carbocycles. The molecule has 1 aliphatic carbocycles. The summed E-state index contributed by atoms with van der Waals surface area (Å²) in [6.07, 6.45) is -9.14. The van der Waals surface area contributed by atoms with Crippen LogP contribution < -0.4 is 0 Å². The van der Waals surface area contributed by atoms with Gasteiger partial charge in [-0.1, -0.05) is 13.8 Å². The van der Waals surface area contributed by atoms with E-state index < -0.39 is 85.1 Å². The predicted molar refractivity (Wildman–Crippen MR) is 112 cm³/mol. The summed E-state index contributed by atoms with van der Waals surface area (Å²) in [6.45, 7) is 8.04. The molecule has 2 amide bonds. The van der Waals surface area contributed by atoms with Crippen molar-refractivity contribution in [3.63, 3.8) is 0 Å². The second-order valence-corrected chi connectivity index (χ2v) is 10.6. The van der Waals surface area contributed by atoms with Crippen LogP contribution in [0.4, 0.5) is 26.7 Å². The number of imide groups is 1. The molecule has 0 bridgehead atoms. The van der Waals surface area contributed by atoms with E-state index in [1.54, 1.807) is 34.6 Å². The molecule has 1 saturated heterocycles. The Morgan fingerprint density at radius 2 is 1.71 bits per heavy atom. The number of ether oxygens (including phenoxy) is 2. The highest BCUT2D eigenvalue weighted by atomic mass is 19.4. The van der Waals surface area contributed by atoms with Gasteiger partial charge in [0.25, 0.3) is 0 Å². The molecule has 0 spiro atoms. The number of amides is 2. The molecule has 11 heteroatoms. The van der Waals surface area contributed by atoms with Gasteiger partial charge in [0.1, 0.15) is 12.2 Å². The van der Waals surface area contributed by atoms with Crippen molar-refractivity contribution < 1.29 is 45.8 Å². The van der Waals surface area contributed by atoms with Crippen molar-refractivity contribution in [1.82, 2.24) is 4.90 Å². The highest BCUT2D eigenvalue weighted by molar-refractivity contribution is 5.96. The number of carbonyl (C=O) groups excluding carboxylic acids is 3. The Kier molecular flexibility index (Phi) is 8.62. The van der Waals surface area contributed by atoms with Crippen LogP contribution in [0.2, 0.25) is 0 Å². The van der Waals surface area contributed by atoms with Crippen molar-refractivity contribution in [2.24, 2.45) is 23.7 Å². The monoisotopic (exact) mass is 499 g/mol. The quantitative estimate of drug-likeness (QED) is 0.330. The number of rotatable bonds is 7. The molecular formula is C23H34F5NO5. The first-order valence-corrected chi connectivity index (χ1v) is 11.6. The van der Waals surface area contributed by atoms with Crippen molar-refractivity contribution in [2.45, 2.75) is 96.9 Å². The third kappa shape index (κ3) is 7.53. The normalized spacial score (nSPS) is 23.6. The van der Waals surface area contributed by atoms with Crippen LogP contribution in [0.25, 0.3) is 0 Å².